The van der Waals surface area contributed by atoms with E-state index >= 15 is 0 Å². The number of amides is 1. The molecule has 166 valence electrons. The van der Waals surface area contributed by atoms with Crippen molar-refractivity contribution in [2.24, 2.45) is 0 Å². The predicted octanol–water partition coefficient (Wildman–Crippen LogP) is 5.13. The van der Waals surface area contributed by atoms with Gasteiger partial charge in [0.1, 0.15) is 5.01 Å². The van der Waals surface area contributed by atoms with Crippen LogP contribution in [0.3, 0.4) is 0 Å². The zero-order valence-corrected chi connectivity index (χ0v) is 19.3. The summed E-state index contributed by atoms with van der Waals surface area (Å²) in [5.41, 5.74) is 2.88. The first-order valence-electron chi connectivity index (χ1n) is 10.5. The molecule has 0 saturated heterocycles. The molecule has 34 heavy (non-hydrogen) atoms. The van der Waals surface area contributed by atoms with Gasteiger partial charge in [-0.05, 0) is 54.1 Å². The Labute approximate surface area is 201 Å². The predicted molar refractivity (Wildman–Crippen MR) is 136 cm³/mol. The third-order valence-electron chi connectivity index (χ3n) is 5.34. The summed E-state index contributed by atoms with van der Waals surface area (Å²) in [5, 5.41) is 8.24. The second-order valence-electron chi connectivity index (χ2n) is 7.67. The molecule has 0 aliphatic carbocycles. The number of rotatable bonds is 5. The molecule has 0 unspecified atom stereocenters. The number of aromatic nitrogens is 4. The van der Waals surface area contributed by atoms with Crippen molar-refractivity contribution in [3.8, 4) is 9.88 Å². The Kier molecular flexibility index (Phi) is 5.05. The van der Waals surface area contributed by atoms with Gasteiger partial charge in [-0.2, -0.15) is 0 Å². The van der Waals surface area contributed by atoms with Gasteiger partial charge in [-0.25, -0.2) is 14.5 Å². The van der Waals surface area contributed by atoms with Crippen molar-refractivity contribution in [2.75, 3.05) is 5.32 Å². The van der Waals surface area contributed by atoms with E-state index in [1.54, 1.807) is 29.7 Å². The van der Waals surface area contributed by atoms with E-state index in [-0.39, 0.29) is 11.6 Å². The van der Waals surface area contributed by atoms with Crippen molar-refractivity contribution >= 4 is 50.1 Å². The van der Waals surface area contributed by atoms with Gasteiger partial charge in [0.25, 0.3) is 5.91 Å². The molecule has 0 aliphatic heterocycles. The molecular formula is C25H17N5O2S2. The van der Waals surface area contributed by atoms with E-state index < -0.39 is 0 Å². The largest absolute Gasteiger partial charge is 0.350 e. The Morgan fingerprint density at radius 2 is 1.82 bits per heavy atom. The first-order chi connectivity index (χ1) is 16.6. The Hall–Kier alpha value is -4.08. The topological polar surface area (TPSA) is 81.3 Å². The standard InChI is InChI=1S/C25H17N5O2S2/c31-23(20-11-12-21(33-20)24-27-18-8-1-2-9-19(18)34-24)26-17-7-5-6-16(14-17)15-30-25(32)29-13-4-3-10-22(29)28-30/h1-14H,15H2,(H,26,31). The quantitative estimate of drug-likeness (QED) is 0.368. The monoisotopic (exact) mass is 483 g/mol. The summed E-state index contributed by atoms with van der Waals surface area (Å²) in [7, 11) is 0. The Morgan fingerprint density at radius 1 is 0.941 bits per heavy atom. The van der Waals surface area contributed by atoms with Crippen LogP contribution in [-0.2, 0) is 6.54 Å². The van der Waals surface area contributed by atoms with Crippen molar-refractivity contribution in [3.05, 3.63) is 106 Å². The molecule has 1 amide bonds. The van der Waals surface area contributed by atoms with Gasteiger partial charge in [-0.15, -0.1) is 27.8 Å². The molecule has 0 bridgehead atoms. The minimum absolute atomic E-state index is 0.181. The molecular weight excluding hydrogens is 466 g/mol. The number of thiophene rings is 1. The van der Waals surface area contributed by atoms with Crippen molar-refractivity contribution in [1.29, 1.82) is 0 Å². The van der Waals surface area contributed by atoms with Gasteiger partial charge < -0.3 is 5.32 Å². The van der Waals surface area contributed by atoms with Gasteiger partial charge in [0.2, 0.25) is 0 Å². The number of benzene rings is 2. The summed E-state index contributed by atoms with van der Waals surface area (Å²) >= 11 is 3.03. The molecule has 2 aromatic carbocycles. The van der Waals surface area contributed by atoms with E-state index in [9.17, 15) is 9.59 Å². The van der Waals surface area contributed by atoms with Gasteiger partial charge in [0.15, 0.2) is 5.65 Å². The molecule has 0 radical (unpaired) electrons. The normalized spacial score (nSPS) is 11.3. The van der Waals surface area contributed by atoms with Crippen molar-refractivity contribution in [3.63, 3.8) is 0 Å². The van der Waals surface area contributed by atoms with Crippen LogP contribution in [0.4, 0.5) is 5.69 Å². The molecule has 0 fully saturated rings. The van der Waals surface area contributed by atoms with Crippen LogP contribution < -0.4 is 11.0 Å². The van der Waals surface area contributed by atoms with Crippen LogP contribution in [0, 0.1) is 0 Å². The summed E-state index contributed by atoms with van der Waals surface area (Å²) < 4.78 is 4.05. The van der Waals surface area contributed by atoms with E-state index in [1.165, 1.54) is 20.4 Å². The molecule has 1 N–H and O–H groups in total. The molecule has 4 aromatic heterocycles. The molecule has 0 spiro atoms. The number of anilines is 1. The van der Waals surface area contributed by atoms with Crippen LogP contribution in [0.1, 0.15) is 15.2 Å². The average molecular weight is 484 g/mol. The summed E-state index contributed by atoms with van der Waals surface area (Å²) in [4.78, 5) is 31.7. The van der Waals surface area contributed by atoms with Gasteiger partial charge >= 0.3 is 5.69 Å². The highest BCUT2D eigenvalue weighted by atomic mass is 32.1. The van der Waals surface area contributed by atoms with Gasteiger partial charge in [-0.1, -0.05) is 30.3 Å². The molecule has 7 nitrogen and oxygen atoms in total. The smallest absolute Gasteiger partial charge is 0.321 e. The minimum atomic E-state index is -0.203. The summed E-state index contributed by atoms with van der Waals surface area (Å²) in [6, 6.07) is 24.6. The van der Waals surface area contributed by atoms with E-state index in [0.717, 1.165) is 25.7 Å². The van der Waals surface area contributed by atoms with Crippen LogP contribution >= 0.6 is 22.7 Å². The Morgan fingerprint density at radius 3 is 2.71 bits per heavy atom. The fraction of sp³-hybridized carbons (Fsp3) is 0.0400. The number of nitrogens with zero attached hydrogens (tertiary/aromatic N) is 4. The second-order valence-corrected chi connectivity index (χ2v) is 9.79. The van der Waals surface area contributed by atoms with Crippen LogP contribution in [0.5, 0.6) is 0 Å². The van der Waals surface area contributed by atoms with Crippen LogP contribution in [-0.4, -0.2) is 25.1 Å². The lowest BCUT2D eigenvalue weighted by Crippen LogP contribution is -2.21. The maximum absolute atomic E-state index is 12.9. The van der Waals surface area contributed by atoms with E-state index in [4.69, 9.17) is 0 Å². The molecule has 0 saturated carbocycles. The van der Waals surface area contributed by atoms with Crippen molar-refractivity contribution < 1.29 is 4.79 Å². The lowest BCUT2D eigenvalue weighted by atomic mass is 10.2. The van der Waals surface area contributed by atoms with Crippen LogP contribution in [0.15, 0.2) is 89.9 Å². The SMILES string of the molecule is O=C(Nc1cccc(Cn2nc3ccccn3c2=O)c1)c1ccc(-c2nc3ccccc3s2)s1. The number of hydrogen-bond acceptors (Lipinski definition) is 6. The summed E-state index contributed by atoms with van der Waals surface area (Å²) in [6.45, 7) is 0.310. The van der Waals surface area contributed by atoms with E-state index in [0.29, 0.717) is 22.8 Å². The number of para-hydroxylation sites is 1. The number of fused-ring (bicyclic) bond motifs is 2. The van der Waals surface area contributed by atoms with Gasteiger partial charge in [-0.3, -0.25) is 9.20 Å². The highest BCUT2D eigenvalue weighted by molar-refractivity contribution is 7.26. The third-order valence-corrected chi connectivity index (χ3v) is 7.63. The molecule has 0 aliphatic rings. The number of carbonyl (C=O) groups is 1. The summed E-state index contributed by atoms with van der Waals surface area (Å²) in [6.07, 6.45) is 1.70. The van der Waals surface area contributed by atoms with Crippen LogP contribution in [0.25, 0.3) is 25.7 Å². The minimum Gasteiger partial charge on any atom is -0.321 e. The second kappa shape index (κ2) is 8.36. The summed E-state index contributed by atoms with van der Waals surface area (Å²) in [5.74, 6) is -0.181. The maximum atomic E-state index is 12.9. The average Bonchev–Trinajstić information content (AvgIpc) is 3.57. The molecule has 9 heteroatoms. The number of carbonyl (C=O) groups excluding carboxylic acids is 1. The van der Waals surface area contributed by atoms with Crippen molar-refractivity contribution in [2.45, 2.75) is 6.54 Å². The lowest BCUT2D eigenvalue weighted by molar-refractivity contribution is 0.103. The van der Waals surface area contributed by atoms with Gasteiger partial charge in [0.05, 0.1) is 26.5 Å². The Balaban J connectivity index is 1.20. The van der Waals surface area contributed by atoms with Crippen molar-refractivity contribution in [1.82, 2.24) is 19.2 Å². The number of hydrogen-bond donors (Lipinski definition) is 1. The fourth-order valence-electron chi connectivity index (χ4n) is 3.74. The third kappa shape index (κ3) is 3.81. The molecule has 0 atom stereocenters. The zero-order chi connectivity index (χ0) is 23.1. The fourth-order valence-corrected chi connectivity index (χ4v) is 5.66. The van der Waals surface area contributed by atoms with E-state index in [1.807, 2.05) is 66.7 Å². The first kappa shape index (κ1) is 20.5. The highest BCUT2D eigenvalue weighted by Crippen LogP contribution is 2.34. The molecule has 6 rings (SSSR count). The number of nitrogens with one attached hydrogen (secondary N) is 1. The molecule has 4 heterocycles. The Bertz CT molecular complexity index is 1690. The van der Waals surface area contributed by atoms with E-state index in [2.05, 4.69) is 15.4 Å². The number of pyridine rings is 1. The zero-order valence-electron chi connectivity index (χ0n) is 17.7. The van der Waals surface area contributed by atoms with Gasteiger partial charge in [0, 0.05) is 11.9 Å². The first-order valence-corrected chi connectivity index (χ1v) is 12.2. The highest BCUT2D eigenvalue weighted by Gasteiger charge is 2.14. The maximum Gasteiger partial charge on any atom is 0.350 e. The lowest BCUT2D eigenvalue weighted by Gasteiger charge is -2.06. The molecule has 6 aromatic rings. The number of thiazole rings is 1. The van der Waals surface area contributed by atoms with Crippen LogP contribution in [0.2, 0.25) is 0 Å².